The molecule has 0 unspecified atom stereocenters. The van der Waals surface area contributed by atoms with Crippen LogP contribution in [-0.2, 0) is 19.3 Å². The van der Waals surface area contributed by atoms with Gasteiger partial charge in [0.1, 0.15) is 0 Å². The van der Waals surface area contributed by atoms with Gasteiger partial charge in [0.2, 0.25) is 0 Å². The predicted octanol–water partition coefficient (Wildman–Crippen LogP) is 4.33. The number of nitrogens with one attached hydrogen (secondary N) is 1. The van der Waals surface area contributed by atoms with E-state index in [1.165, 1.54) is 22.0 Å². The summed E-state index contributed by atoms with van der Waals surface area (Å²) in [7, 11) is 0. The Kier molecular flexibility index (Phi) is 3.75. The van der Waals surface area contributed by atoms with Crippen molar-refractivity contribution < 1.29 is 0 Å². The third-order valence-corrected chi connectivity index (χ3v) is 4.02. The first-order valence-corrected chi connectivity index (χ1v) is 7.29. The van der Waals surface area contributed by atoms with E-state index in [2.05, 4.69) is 53.5 Å². The Labute approximate surface area is 125 Å². The molecule has 0 spiro atoms. The number of benzene rings is 2. The van der Waals surface area contributed by atoms with Gasteiger partial charge in [0.25, 0.3) is 0 Å². The summed E-state index contributed by atoms with van der Waals surface area (Å²) < 4.78 is 0. The standard InChI is InChI=1S/C19H18N2/c1-14-17(12-13-20)18-9-5-8-16(19(18)21-14)11-10-15-6-3-2-4-7-15/h2-9,21H,10-12H2,1H3. The molecule has 0 aliphatic heterocycles. The number of aromatic amines is 1. The zero-order valence-corrected chi connectivity index (χ0v) is 12.2. The second-order valence-corrected chi connectivity index (χ2v) is 5.39. The molecule has 0 saturated carbocycles. The molecule has 1 N–H and O–H groups in total. The number of hydrogen-bond acceptors (Lipinski definition) is 1. The maximum atomic E-state index is 8.98. The summed E-state index contributed by atoms with van der Waals surface area (Å²) in [6, 6.07) is 19.2. The van der Waals surface area contributed by atoms with E-state index in [4.69, 9.17) is 5.26 Å². The second-order valence-electron chi connectivity index (χ2n) is 5.39. The minimum Gasteiger partial charge on any atom is -0.358 e. The van der Waals surface area contributed by atoms with E-state index in [9.17, 15) is 0 Å². The minimum absolute atomic E-state index is 0.466. The summed E-state index contributed by atoms with van der Waals surface area (Å²) in [5, 5.41) is 10.2. The van der Waals surface area contributed by atoms with Crippen LogP contribution in [0.4, 0.5) is 0 Å². The summed E-state index contributed by atoms with van der Waals surface area (Å²) in [6.45, 7) is 2.05. The number of fused-ring (bicyclic) bond motifs is 1. The third kappa shape index (κ3) is 2.68. The van der Waals surface area contributed by atoms with Crippen LogP contribution in [0.3, 0.4) is 0 Å². The molecular formula is C19H18N2. The molecule has 1 aromatic heterocycles. The highest BCUT2D eigenvalue weighted by molar-refractivity contribution is 5.87. The fourth-order valence-corrected chi connectivity index (χ4v) is 2.90. The van der Waals surface area contributed by atoms with Crippen molar-refractivity contribution in [3.05, 3.63) is 70.9 Å². The van der Waals surface area contributed by atoms with Gasteiger partial charge in [-0.25, -0.2) is 0 Å². The van der Waals surface area contributed by atoms with Gasteiger partial charge in [-0.2, -0.15) is 5.26 Å². The third-order valence-electron chi connectivity index (χ3n) is 4.02. The molecule has 3 aromatic rings. The van der Waals surface area contributed by atoms with Crippen LogP contribution in [0.25, 0.3) is 10.9 Å². The van der Waals surface area contributed by atoms with Crippen molar-refractivity contribution in [1.82, 2.24) is 4.98 Å². The van der Waals surface area contributed by atoms with E-state index < -0.39 is 0 Å². The molecule has 0 amide bonds. The fourth-order valence-electron chi connectivity index (χ4n) is 2.90. The molecule has 2 nitrogen and oxygen atoms in total. The summed E-state index contributed by atoms with van der Waals surface area (Å²) in [5.41, 5.74) is 6.11. The molecule has 104 valence electrons. The molecule has 0 atom stereocenters. The van der Waals surface area contributed by atoms with Crippen molar-refractivity contribution in [2.45, 2.75) is 26.2 Å². The average Bonchev–Trinajstić information content (AvgIpc) is 2.83. The van der Waals surface area contributed by atoms with Crippen molar-refractivity contribution in [2.75, 3.05) is 0 Å². The van der Waals surface area contributed by atoms with Crippen LogP contribution in [0, 0.1) is 18.3 Å². The summed E-state index contributed by atoms with van der Waals surface area (Å²) >= 11 is 0. The number of hydrogen-bond donors (Lipinski definition) is 1. The molecule has 0 bridgehead atoms. The maximum Gasteiger partial charge on any atom is 0.0670 e. The van der Waals surface area contributed by atoms with Gasteiger partial charge in [0, 0.05) is 16.6 Å². The van der Waals surface area contributed by atoms with Crippen LogP contribution in [0.2, 0.25) is 0 Å². The van der Waals surface area contributed by atoms with Gasteiger partial charge in [0.15, 0.2) is 0 Å². The molecular weight excluding hydrogens is 256 g/mol. The van der Waals surface area contributed by atoms with Crippen molar-refractivity contribution in [2.24, 2.45) is 0 Å². The lowest BCUT2D eigenvalue weighted by molar-refractivity contribution is 0.965. The minimum atomic E-state index is 0.466. The highest BCUT2D eigenvalue weighted by Gasteiger charge is 2.10. The van der Waals surface area contributed by atoms with Gasteiger partial charge >= 0.3 is 0 Å². The first-order chi connectivity index (χ1) is 10.3. The smallest absolute Gasteiger partial charge is 0.0670 e. The van der Waals surface area contributed by atoms with Gasteiger partial charge in [-0.15, -0.1) is 0 Å². The number of rotatable bonds is 4. The molecule has 3 rings (SSSR count). The molecule has 0 fully saturated rings. The molecule has 0 aliphatic rings. The Bertz CT molecular complexity index is 792. The number of para-hydroxylation sites is 1. The number of nitriles is 1. The number of H-pyrrole nitrogens is 1. The van der Waals surface area contributed by atoms with Crippen LogP contribution in [-0.4, -0.2) is 4.98 Å². The van der Waals surface area contributed by atoms with Crippen LogP contribution in [0.1, 0.15) is 22.4 Å². The van der Waals surface area contributed by atoms with E-state index in [1.54, 1.807) is 0 Å². The number of aryl methyl sites for hydroxylation is 3. The van der Waals surface area contributed by atoms with E-state index in [0.717, 1.165) is 24.1 Å². The normalized spacial score (nSPS) is 10.7. The Morgan fingerprint density at radius 3 is 2.57 bits per heavy atom. The second kappa shape index (κ2) is 5.85. The van der Waals surface area contributed by atoms with E-state index >= 15 is 0 Å². The molecule has 0 aliphatic carbocycles. The van der Waals surface area contributed by atoms with Crippen molar-refractivity contribution in [3.8, 4) is 6.07 Å². The van der Waals surface area contributed by atoms with Crippen LogP contribution < -0.4 is 0 Å². The first kappa shape index (κ1) is 13.5. The molecule has 1 heterocycles. The predicted molar refractivity (Wildman–Crippen MR) is 86.2 cm³/mol. The summed E-state index contributed by atoms with van der Waals surface area (Å²) in [4.78, 5) is 3.47. The highest BCUT2D eigenvalue weighted by atomic mass is 14.7. The summed E-state index contributed by atoms with van der Waals surface area (Å²) in [6.07, 6.45) is 2.51. The Morgan fingerprint density at radius 1 is 1.00 bits per heavy atom. The zero-order valence-electron chi connectivity index (χ0n) is 12.2. The molecule has 21 heavy (non-hydrogen) atoms. The largest absolute Gasteiger partial charge is 0.358 e. The highest BCUT2D eigenvalue weighted by Crippen LogP contribution is 2.26. The van der Waals surface area contributed by atoms with E-state index in [1.807, 2.05) is 13.0 Å². The molecule has 2 heteroatoms. The summed E-state index contributed by atoms with van der Waals surface area (Å²) in [5.74, 6) is 0. The zero-order chi connectivity index (χ0) is 14.7. The Hall–Kier alpha value is -2.53. The average molecular weight is 274 g/mol. The lowest BCUT2D eigenvalue weighted by Crippen LogP contribution is -1.92. The van der Waals surface area contributed by atoms with Crippen molar-refractivity contribution in [1.29, 1.82) is 5.26 Å². The van der Waals surface area contributed by atoms with Gasteiger partial charge in [-0.05, 0) is 36.5 Å². The SMILES string of the molecule is Cc1[nH]c2c(CCc3ccccc3)cccc2c1CC#N. The lowest BCUT2D eigenvalue weighted by atomic mass is 10.0. The van der Waals surface area contributed by atoms with Gasteiger partial charge in [-0.3, -0.25) is 0 Å². The molecule has 2 aromatic carbocycles. The Balaban J connectivity index is 1.93. The first-order valence-electron chi connectivity index (χ1n) is 7.29. The van der Waals surface area contributed by atoms with Crippen LogP contribution in [0.15, 0.2) is 48.5 Å². The van der Waals surface area contributed by atoms with Gasteiger partial charge < -0.3 is 4.98 Å². The van der Waals surface area contributed by atoms with Crippen LogP contribution >= 0.6 is 0 Å². The lowest BCUT2D eigenvalue weighted by Gasteiger charge is -2.04. The van der Waals surface area contributed by atoms with Gasteiger partial charge in [-0.1, -0.05) is 48.5 Å². The van der Waals surface area contributed by atoms with Gasteiger partial charge in [0.05, 0.1) is 12.5 Å². The maximum absolute atomic E-state index is 8.98. The van der Waals surface area contributed by atoms with Crippen LogP contribution in [0.5, 0.6) is 0 Å². The topological polar surface area (TPSA) is 39.6 Å². The van der Waals surface area contributed by atoms with Crippen molar-refractivity contribution in [3.63, 3.8) is 0 Å². The number of aromatic nitrogens is 1. The fraction of sp³-hybridized carbons (Fsp3) is 0.211. The molecule has 0 radical (unpaired) electrons. The quantitative estimate of drug-likeness (QED) is 0.755. The van der Waals surface area contributed by atoms with Crippen molar-refractivity contribution >= 4 is 10.9 Å². The monoisotopic (exact) mass is 274 g/mol. The Morgan fingerprint density at radius 2 is 1.81 bits per heavy atom. The van der Waals surface area contributed by atoms with E-state index in [0.29, 0.717) is 6.42 Å². The van der Waals surface area contributed by atoms with E-state index in [-0.39, 0.29) is 0 Å². The number of nitrogens with zero attached hydrogens (tertiary/aromatic N) is 1. The molecule has 0 saturated heterocycles.